The van der Waals surface area contributed by atoms with E-state index in [9.17, 15) is 13.6 Å². The molecule has 1 amide bonds. The van der Waals surface area contributed by atoms with Gasteiger partial charge in [-0.2, -0.15) is 5.10 Å². The maximum atomic E-state index is 13.1. The van der Waals surface area contributed by atoms with E-state index in [0.29, 0.717) is 16.3 Å². The van der Waals surface area contributed by atoms with E-state index in [4.69, 9.17) is 11.6 Å². The number of rotatable bonds is 3. The van der Waals surface area contributed by atoms with Gasteiger partial charge in [-0.15, -0.1) is 0 Å². The molecule has 2 aromatic carbocycles. The van der Waals surface area contributed by atoms with Crippen LogP contribution in [0.2, 0.25) is 5.02 Å². The fraction of sp³-hybridized carbons (Fsp3) is 0.0667. The molecule has 21 heavy (non-hydrogen) atoms. The monoisotopic (exact) mass is 308 g/mol. The standard InChI is InChI=1S/C15H11ClF2N2O/c1-9(10-6-7-13(17)14(18)8-10)19-20-15(21)11-4-2-3-5-12(11)16/h2-8H,1H3,(H,20,21)/b19-9+. The third kappa shape index (κ3) is 3.64. The first-order chi connectivity index (χ1) is 9.99. The van der Waals surface area contributed by atoms with Gasteiger partial charge in [0.25, 0.3) is 5.91 Å². The van der Waals surface area contributed by atoms with E-state index in [1.165, 1.54) is 6.07 Å². The summed E-state index contributed by atoms with van der Waals surface area (Å²) in [4.78, 5) is 11.9. The Balaban J connectivity index is 2.15. The number of hydrogen-bond acceptors (Lipinski definition) is 2. The van der Waals surface area contributed by atoms with E-state index in [-0.39, 0.29) is 5.56 Å². The normalized spacial score (nSPS) is 11.3. The summed E-state index contributed by atoms with van der Waals surface area (Å²) in [6, 6.07) is 9.90. The Morgan fingerprint density at radius 1 is 1.14 bits per heavy atom. The molecule has 6 heteroatoms. The number of halogens is 3. The SMILES string of the molecule is C/C(=N\NC(=O)c1ccccc1Cl)c1ccc(F)c(F)c1. The summed E-state index contributed by atoms with van der Waals surface area (Å²) in [5.41, 5.74) is 3.31. The van der Waals surface area contributed by atoms with Crippen molar-refractivity contribution in [2.75, 3.05) is 0 Å². The van der Waals surface area contributed by atoms with E-state index in [1.54, 1.807) is 31.2 Å². The number of benzene rings is 2. The van der Waals surface area contributed by atoms with Gasteiger partial charge in [-0.1, -0.05) is 23.7 Å². The van der Waals surface area contributed by atoms with E-state index in [2.05, 4.69) is 10.5 Å². The third-order valence-corrected chi connectivity index (χ3v) is 3.11. The molecule has 0 heterocycles. The molecule has 0 spiro atoms. The lowest BCUT2D eigenvalue weighted by molar-refractivity contribution is 0.0955. The second-order valence-corrected chi connectivity index (χ2v) is 4.65. The predicted octanol–water partition coefficient (Wildman–Crippen LogP) is 3.77. The molecule has 1 N–H and O–H groups in total. The minimum Gasteiger partial charge on any atom is -0.267 e. The summed E-state index contributed by atoms with van der Waals surface area (Å²) in [5.74, 6) is -2.39. The molecule has 0 bridgehead atoms. The Morgan fingerprint density at radius 3 is 2.52 bits per heavy atom. The number of nitrogens with one attached hydrogen (secondary N) is 1. The van der Waals surface area contributed by atoms with Crippen LogP contribution in [0.15, 0.2) is 47.6 Å². The van der Waals surface area contributed by atoms with Gasteiger partial charge in [0.05, 0.1) is 16.3 Å². The average Bonchev–Trinajstić information content (AvgIpc) is 2.47. The fourth-order valence-corrected chi connectivity index (χ4v) is 1.85. The zero-order chi connectivity index (χ0) is 15.4. The largest absolute Gasteiger partial charge is 0.272 e. The molecule has 0 aliphatic heterocycles. The minimum atomic E-state index is -0.973. The van der Waals surface area contributed by atoms with Crippen LogP contribution in [-0.4, -0.2) is 11.6 Å². The van der Waals surface area contributed by atoms with Gasteiger partial charge < -0.3 is 0 Å². The lowest BCUT2D eigenvalue weighted by Crippen LogP contribution is -2.19. The van der Waals surface area contributed by atoms with Crippen LogP contribution in [0.4, 0.5) is 8.78 Å². The van der Waals surface area contributed by atoms with Gasteiger partial charge in [-0.25, -0.2) is 14.2 Å². The van der Waals surface area contributed by atoms with Gasteiger partial charge >= 0.3 is 0 Å². The maximum absolute atomic E-state index is 13.1. The van der Waals surface area contributed by atoms with Gasteiger partial charge in [-0.05, 0) is 37.3 Å². The Hall–Kier alpha value is -2.27. The summed E-state index contributed by atoms with van der Waals surface area (Å²) in [6.45, 7) is 1.57. The number of carbonyl (C=O) groups is 1. The first kappa shape index (κ1) is 15.1. The Labute approximate surface area is 125 Å². The second-order valence-electron chi connectivity index (χ2n) is 4.25. The highest BCUT2D eigenvalue weighted by Crippen LogP contribution is 2.14. The summed E-state index contributed by atoms with van der Waals surface area (Å²) in [5, 5.41) is 4.15. The number of carbonyl (C=O) groups excluding carboxylic acids is 1. The molecule has 0 aromatic heterocycles. The van der Waals surface area contributed by atoms with E-state index in [1.807, 2.05) is 0 Å². The molecule has 0 fully saturated rings. The smallest absolute Gasteiger partial charge is 0.267 e. The minimum absolute atomic E-state index is 0.279. The van der Waals surface area contributed by atoms with Crippen molar-refractivity contribution < 1.29 is 13.6 Å². The van der Waals surface area contributed by atoms with Crippen molar-refractivity contribution in [2.45, 2.75) is 6.92 Å². The van der Waals surface area contributed by atoms with Crippen LogP contribution in [0.3, 0.4) is 0 Å². The molecule has 0 radical (unpaired) electrons. The van der Waals surface area contributed by atoms with E-state index >= 15 is 0 Å². The Bertz CT molecular complexity index is 717. The van der Waals surface area contributed by atoms with Gasteiger partial charge in [0.1, 0.15) is 0 Å². The fourth-order valence-electron chi connectivity index (χ4n) is 1.63. The predicted molar refractivity (Wildman–Crippen MR) is 77.5 cm³/mol. The molecule has 2 rings (SSSR count). The second kappa shape index (κ2) is 6.45. The molecule has 0 aliphatic rings. The van der Waals surface area contributed by atoms with Crippen molar-refractivity contribution in [3.8, 4) is 0 Å². The molecule has 2 aromatic rings. The van der Waals surface area contributed by atoms with E-state index in [0.717, 1.165) is 12.1 Å². The summed E-state index contributed by atoms with van der Waals surface area (Å²) < 4.78 is 26.0. The van der Waals surface area contributed by atoms with Crippen molar-refractivity contribution in [1.82, 2.24) is 5.43 Å². The Morgan fingerprint density at radius 2 is 1.86 bits per heavy atom. The van der Waals surface area contributed by atoms with Gasteiger partial charge in [0.2, 0.25) is 0 Å². The van der Waals surface area contributed by atoms with Gasteiger partial charge in [0, 0.05) is 5.56 Å². The van der Waals surface area contributed by atoms with Crippen molar-refractivity contribution >= 4 is 23.2 Å². The topological polar surface area (TPSA) is 41.5 Å². The lowest BCUT2D eigenvalue weighted by atomic mass is 10.1. The summed E-state index contributed by atoms with van der Waals surface area (Å²) in [7, 11) is 0. The maximum Gasteiger partial charge on any atom is 0.272 e. The highest BCUT2D eigenvalue weighted by Gasteiger charge is 2.09. The quantitative estimate of drug-likeness (QED) is 0.680. The van der Waals surface area contributed by atoms with Crippen molar-refractivity contribution in [3.63, 3.8) is 0 Å². The van der Waals surface area contributed by atoms with Crippen LogP contribution in [0.25, 0.3) is 0 Å². The van der Waals surface area contributed by atoms with Crippen molar-refractivity contribution in [3.05, 3.63) is 70.2 Å². The van der Waals surface area contributed by atoms with Crippen LogP contribution in [0.1, 0.15) is 22.8 Å². The van der Waals surface area contributed by atoms with Crippen LogP contribution in [0.5, 0.6) is 0 Å². The summed E-state index contributed by atoms with van der Waals surface area (Å²) in [6.07, 6.45) is 0. The lowest BCUT2D eigenvalue weighted by Gasteiger charge is -2.04. The van der Waals surface area contributed by atoms with Crippen LogP contribution < -0.4 is 5.43 Å². The molecule has 0 saturated heterocycles. The van der Waals surface area contributed by atoms with E-state index < -0.39 is 17.5 Å². The highest BCUT2D eigenvalue weighted by molar-refractivity contribution is 6.33. The van der Waals surface area contributed by atoms with Gasteiger partial charge in [-0.3, -0.25) is 4.79 Å². The number of hydrogen-bond donors (Lipinski definition) is 1. The van der Waals surface area contributed by atoms with Crippen LogP contribution in [-0.2, 0) is 0 Å². The zero-order valence-electron chi connectivity index (χ0n) is 11.0. The Kier molecular flexibility index (Phi) is 4.65. The van der Waals surface area contributed by atoms with Crippen LogP contribution in [0, 0.1) is 11.6 Å². The molecule has 0 saturated carbocycles. The molecular weight excluding hydrogens is 298 g/mol. The molecule has 0 atom stereocenters. The van der Waals surface area contributed by atoms with Crippen LogP contribution >= 0.6 is 11.6 Å². The number of hydrazone groups is 1. The number of amides is 1. The highest BCUT2D eigenvalue weighted by atomic mass is 35.5. The zero-order valence-corrected chi connectivity index (χ0v) is 11.8. The number of nitrogens with zero attached hydrogens (tertiary/aromatic N) is 1. The molecular formula is C15H11ClF2N2O. The first-order valence-electron chi connectivity index (χ1n) is 6.03. The molecule has 0 aliphatic carbocycles. The van der Waals surface area contributed by atoms with Crippen molar-refractivity contribution in [2.24, 2.45) is 5.10 Å². The molecule has 0 unspecified atom stereocenters. The average molecular weight is 309 g/mol. The summed E-state index contributed by atoms with van der Waals surface area (Å²) >= 11 is 5.89. The van der Waals surface area contributed by atoms with Crippen molar-refractivity contribution in [1.29, 1.82) is 0 Å². The molecule has 108 valence electrons. The molecule has 3 nitrogen and oxygen atoms in total. The third-order valence-electron chi connectivity index (χ3n) is 2.78. The van der Waals surface area contributed by atoms with Gasteiger partial charge in [0.15, 0.2) is 11.6 Å². The first-order valence-corrected chi connectivity index (χ1v) is 6.41.